The van der Waals surface area contributed by atoms with Crippen LogP contribution in [-0.2, 0) is 30.9 Å². The number of benzene rings is 2. The number of esters is 1. The van der Waals surface area contributed by atoms with Gasteiger partial charge in [-0.25, -0.2) is 8.42 Å². The van der Waals surface area contributed by atoms with Crippen LogP contribution in [0.25, 0.3) is 10.2 Å². The molecule has 0 N–H and O–H groups in total. The van der Waals surface area contributed by atoms with Crippen LogP contribution in [-0.4, -0.2) is 62.1 Å². The maximum Gasteiger partial charge on any atom is 0.326 e. The molecule has 3 aromatic rings. The van der Waals surface area contributed by atoms with Gasteiger partial charge in [0.15, 0.2) is 4.80 Å². The number of aromatic nitrogens is 1. The van der Waals surface area contributed by atoms with Gasteiger partial charge in [0.2, 0.25) is 10.0 Å². The van der Waals surface area contributed by atoms with Gasteiger partial charge in [-0.2, -0.15) is 9.30 Å². The average Bonchev–Trinajstić information content (AvgIpc) is 3.50. The van der Waals surface area contributed by atoms with Crippen molar-refractivity contribution in [2.24, 2.45) is 4.99 Å². The highest BCUT2D eigenvalue weighted by Crippen LogP contribution is 2.28. The second-order valence-corrected chi connectivity index (χ2v) is 11.1. The molecule has 1 aliphatic heterocycles. The third-order valence-electron chi connectivity index (χ3n) is 5.92. The number of amides is 1. The zero-order chi connectivity index (χ0) is 26.6. The summed E-state index contributed by atoms with van der Waals surface area (Å²) in [5, 5.41) is 0. The molecule has 0 aliphatic carbocycles. The number of sulfonamides is 1. The van der Waals surface area contributed by atoms with E-state index in [1.807, 2.05) is 13.0 Å². The lowest BCUT2D eigenvalue weighted by Gasteiger charge is -2.21. The Bertz CT molecular complexity index is 1460. The van der Waals surface area contributed by atoms with Crippen molar-refractivity contribution in [3.63, 3.8) is 0 Å². The second kappa shape index (κ2) is 11.4. The Morgan fingerprint density at radius 2 is 1.81 bits per heavy atom. The Labute approximate surface area is 219 Å². The highest BCUT2D eigenvalue weighted by atomic mass is 32.2. The van der Waals surface area contributed by atoms with E-state index in [1.54, 1.807) is 35.8 Å². The van der Waals surface area contributed by atoms with Crippen molar-refractivity contribution >= 4 is 43.5 Å². The SMILES string of the molecule is CCOC(=O)Cn1c(=NC(=O)C2CCCN2S(=O)(=O)c2ccc(OC)cc2)sc2cc(OCC)ccc21. The standard InChI is InChI=1S/C25H29N3O7S2/c1-4-34-18-10-13-20-22(15-18)36-25(27(20)16-23(29)35-5-2)26-24(30)21-7-6-14-28(21)37(31,32)19-11-8-17(33-3)9-12-19/h8-13,15,21H,4-7,14,16H2,1-3H3. The number of fused-ring (bicyclic) bond motifs is 1. The van der Waals surface area contributed by atoms with E-state index in [0.29, 0.717) is 36.5 Å². The highest BCUT2D eigenvalue weighted by Gasteiger charge is 2.39. The van der Waals surface area contributed by atoms with E-state index in [-0.39, 0.29) is 29.4 Å². The van der Waals surface area contributed by atoms with Crippen LogP contribution in [0.15, 0.2) is 52.4 Å². The Morgan fingerprint density at radius 1 is 1.08 bits per heavy atom. The van der Waals surface area contributed by atoms with Gasteiger partial charge < -0.3 is 18.8 Å². The molecule has 198 valence electrons. The summed E-state index contributed by atoms with van der Waals surface area (Å²) < 4.78 is 46.1. The van der Waals surface area contributed by atoms with E-state index in [0.717, 1.165) is 4.70 Å². The number of nitrogens with zero attached hydrogens (tertiary/aromatic N) is 3. The van der Waals surface area contributed by atoms with Crippen molar-refractivity contribution in [3.8, 4) is 11.5 Å². The minimum atomic E-state index is -3.92. The number of ether oxygens (including phenoxy) is 3. The van der Waals surface area contributed by atoms with Gasteiger partial charge in [0.25, 0.3) is 5.91 Å². The molecule has 0 spiro atoms. The van der Waals surface area contributed by atoms with Gasteiger partial charge in [0.1, 0.15) is 24.1 Å². The van der Waals surface area contributed by atoms with Crippen LogP contribution in [0.3, 0.4) is 0 Å². The van der Waals surface area contributed by atoms with Crippen molar-refractivity contribution in [1.82, 2.24) is 8.87 Å². The molecule has 0 saturated carbocycles. The quantitative estimate of drug-likeness (QED) is 0.378. The van der Waals surface area contributed by atoms with E-state index in [9.17, 15) is 18.0 Å². The van der Waals surface area contributed by atoms with Gasteiger partial charge >= 0.3 is 5.97 Å². The summed E-state index contributed by atoms with van der Waals surface area (Å²) in [4.78, 5) is 30.4. The molecule has 1 aliphatic rings. The number of carbonyl (C=O) groups is 2. The van der Waals surface area contributed by atoms with Crippen LogP contribution < -0.4 is 14.3 Å². The van der Waals surface area contributed by atoms with Crippen molar-refractivity contribution in [1.29, 1.82) is 0 Å². The number of hydrogen-bond acceptors (Lipinski definition) is 8. The minimum absolute atomic E-state index is 0.0793. The molecular formula is C25H29N3O7S2. The van der Waals surface area contributed by atoms with Crippen molar-refractivity contribution in [3.05, 3.63) is 47.3 Å². The zero-order valence-corrected chi connectivity index (χ0v) is 22.5. The first-order valence-electron chi connectivity index (χ1n) is 11.9. The predicted molar refractivity (Wildman–Crippen MR) is 138 cm³/mol. The van der Waals surface area contributed by atoms with Crippen molar-refractivity contribution in [2.45, 2.75) is 44.2 Å². The Morgan fingerprint density at radius 3 is 2.49 bits per heavy atom. The molecule has 12 heteroatoms. The van der Waals surface area contributed by atoms with E-state index in [1.165, 1.54) is 34.9 Å². The molecule has 1 saturated heterocycles. The predicted octanol–water partition coefficient (Wildman–Crippen LogP) is 2.95. The molecule has 1 fully saturated rings. The lowest BCUT2D eigenvalue weighted by molar-refractivity contribution is -0.143. The molecule has 0 radical (unpaired) electrons. The summed E-state index contributed by atoms with van der Waals surface area (Å²) in [5.41, 5.74) is 0.696. The molecule has 1 atom stereocenters. The van der Waals surface area contributed by atoms with Gasteiger partial charge in [0, 0.05) is 6.54 Å². The molecule has 2 aromatic carbocycles. The maximum absolute atomic E-state index is 13.4. The van der Waals surface area contributed by atoms with Crippen LogP contribution in [0.1, 0.15) is 26.7 Å². The molecule has 1 aromatic heterocycles. The molecule has 10 nitrogen and oxygen atoms in total. The Kier molecular flexibility index (Phi) is 8.30. The summed E-state index contributed by atoms with van der Waals surface area (Å²) in [5.74, 6) is 0.148. The van der Waals surface area contributed by atoms with Crippen LogP contribution in [0.2, 0.25) is 0 Å². The van der Waals surface area contributed by atoms with Crippen molar-refractivity contribution in [2.75, 3.05) is 26.9 Å². The second-order valence-electron chi connectivity index (χ2n) is 8.24. The summed E-state index contributed by atoms with van der Waals surface area (Å²) in [6, 6.07) is 10.5. The fraction of sp³-hybridized carbons (Fsp3) is 0.400. The third-order valence-corrected chi connectivity index (χ3v) is 8.88. The largest absolute Gasteiger partial charge is 0.497 e. The maximum atomic E-state index is 13.4. The number of hydrogen-bond donors (Lipinski definition) is 0. The lowest BCUT2D eigenvalue weighted by Crippen LogP contribution is -2.40. The zero-order valence-electron chi connectivity index (χ0n) is 20.9. The van der Waals surface area contributed by atoms with Crippen LogP contribution >= 0.6 is 11.3 Å². The van der Waals surface area contributed by atoms with E-state index in [4.69, 9.17) is 14.2 Å². The summed E-state index contributed by atoms with van der Waals surface area (Å²) in [6.45, 7) is 4.40. The normalized spacial score (nSPS) is 16.7. The molecule has 0 bridgehead atoms. The fourth-order valence-electron chi connectivity index (χ4n) is 4.21. The first-order chi connectivity index (χ1) is 17.8. The monoisotopic (exact) mass is 547 g/mol. The molecular weight excluding hydrogens is 518 g/mol. The number of carbonyl (C=O) groups excluding carboxylic acids is 2. The van der Waals surface area contributed by atoms with E-state index >= 15 is 0 Å². The first-order valence-corrected chi connectivity index (χ1v) is 14.2. The molecule has 4 rings (SSSR count). The lowest BCUT2D eigenvalue weighted by atomic mass is 10.2. The number of rotatable bonds is 9. The number of thiazole rings is 1. The van der Waals surface area contributed by atoms with Crippen LogP contribution in [0.5, 0.6) is 11.5 Å². The number of methoxy groups -OCH3 is 1. The Hall–Kier alpha value is -3.22. The van der Waals surface area contributed by atoms with Gasteiger partial charge in [-0.05, 0) is 69.2 Å². The first kappa shape index (κ1) is 26.8. The van der Waals surface area contributed by atoms with E-state index in [2.05, 4.69) is 4.99 Å². The van der Waals surface area contributed by atoms with Crippen LogP contribution in [0.4, 0.5) is 0 Å². The minimum Gasteiger partial charge on any atom is -0.497 e. The molecule has 2 heterocycles. The topological polar surface area (TPSA) is 116 Å². The van der Waals surface area contributed by atoms with E-state index < -0.39 is 27.9 Å². The molecule has 37 heavy (non-hydrogen) atoms. The third kappa shape index (κ3) is 5.71. The van der Waals surface area contributed by atoms with Gasteiger partial charge in [-0.15, -0.1) is 0 Å². The van der Waals surface area contributed by atoms with Gasteiger partial charge in [0.05, 0.1) is 35.4 Å². The van der Waals surface area contributed by atoms with Gasteiger partial charge in [-0.1, -0.05) is 11.3 Å². The summed E-state index contributed by atoms with van der Waals surface area (Å²) in [7, 11) is -2.42. The average molecular weight is 548 g/mol. The summed E-state index contributed by atoms with van der Waals surface area (Å²) >= 11 is 1.23. The molecule has 1 unspecified atom stereocenters. The molecule has 1 amide bonds. The fourth-order valence-corrected chi connectivity index (χ4v) is 6.92. The summed E-state index contributed by atoms with van der Waals surface area (Å²) in [6.07, 6.45) is 0.892. The smallest absolute Gasteiger partial charge is 0.326 e. The van der Waals surface area contributed by atoms with Crippen LogP contribution in [0, 0.1) is 0 Å². The highest BCUT2D eigenvalue weighted by molar-refractivity contribution is 7.89. The van der Waals surface area contributed by atoms with Crippen molar-refractivity contribution < 1.29 is 32.2 Å². The Balaban J connectivity index is 1.71. The van der Waals surface area contributed by atoms with Gasteiger partial charge in [-0.3, -0.25) is 9.59 Å².